The van der Waals surface area contributed by atoms with Crippen molar-refractivity contribution in [3.05, 3.63) is 53.6 Å². The van der Waals surface area contributed by atoms with Gasteiger partial charge < -0.3 is 36.4 Å². The van der Waals surface area contributed by atoms with Gasteiger partial charge in [-0.3, -0.25) is 9.59 Å². The molecular weight excluding hydrogens is 430 g/mol. The molecule has 0 radical (unpaired) electrons. The number of carboxylic acid groups (broad SMARTS) is 1. The molecule has 11 nitrogen and oxygen atoms in total. The number of fused-ring (bicyclic) bond motifs is 1. The van der Waals surface area contributed by atoms with Crippen molar-refractivity contribution in [2.45, 2.75) is 19.4 Å². The molecular formula is C22H25N5O6. The average molecular weight is 455 g/mol. The second-order valence-corrected chi connectivity index (χ2v) is 7.41. The van der Waals surface area contributed by atoms with Gasteiger partial charge in [0.1, 0.15) is 0 Å². The Bertz CT molecular complexity index is 1040. The Morgan fingerprint density at radius 1 is 1.15 bits per heavy atom. The van der Waals surface area contributed by atoms with E-state index in [0.717, 1.165) is 5.56 Å². The first-order valence-electron chi connectivity index (χ1n) is 10.2. The Morgan fingerprint density at radius 3 is 2.58 bits per heavy atom. The minimum Gasteiger partial charge on any atom is -0.481 e. The van der Waals surface area contributed by atoms with Crippen LogP contribution in [0.3, 0.4) is 0 Å². The number of amides is 3. The standard InChI is InChI=1S/C22H25N5O6/c1-13(10-24-22(31)26-16-5-2-14(3-6-16)11-25-23)21(30)27-17(9-20(28)29)15-4-7-18-19(8-15)33-12-32-18/h2-8,11,13,17H,9-10,12,23H2,1H3,(H,27,30)(H,28,29)(H2,24,26,31)/t13-,17?/m1/s1. The van der Waals surface area contributed by atoms with Gasteiger partial charge in [-0.15, -0.1) is 0 Å². The molecule has 0 saturated carbocycles. The Balaban J connectivity index is 1.54. The number of carboxylic acids is 1. The molecule has 2 aromatic rings. The highest BCUT2D eigenvalue weighted by molar-refractivity contribution is 5.90. The highest BCUT2D eigenvalue weighted by Crippen LogP contribution is 2.34. The number of carbonyl (C=O) groups excluding carboxylic acids is 2. The van der Waals surface area contributed by atoms with Crippen molar-refractivity contribution in [3.8, 4) is 11.5 Å². The van der Waals surface area contributed by atoms with E-state index in [9.17, 15) is 19.5 Å². The number of urea groups is 1. The molecule has 2 atom stereocenters. The van der Waals surface area contributed by atoms with Crippen LogP contribution in [0.2, 0.25) is 0 Å². The zero-order chi connectivity index (χ0) is 23.8. The summed E-state index contributed by atoms with van der Waals surface area (Å²) in [6.45, 7) is 1.77. The first kappa shape index (κ1) is 23.4. The van der Waals surface area contributed by atoms with Crippen LogP contribution >= 0.6 is 0 Å². The summed E-state index contributed by atoms with van der Waals surface area (Å²) in [5, 5.41) is 20.7. The third-order valence-corrected chi connectivity index (χ3v) is 4.90. The van der Waals surface area contributed by atoms with Crippen LogP contribution in [0.5, 0.6) is 11.5 Å². The maximum atomic E-state index is 12.7. The van der Waals surface area contributed by atoms with Gasteiger partial charge in [0.15, 0.2) is 11.5 Å². The van der Waals surface area contributed by atoms with E-state index >= 15 is 0 Å². The SMILES string of the molecule is C[C@H](CNC(=O)Nc1ccc(C=NN)cc1)C(=O)NC(CC(=O)O)c1ccc2c(c1)OCO2. The molecule has 0 saturated heterocycles. The number of carbonyl (C=O) groups is 3. The summed E-state index contributed by atoms with van der Waals surface area (Å²) in [6.07, 6.45) is 1.17. The maximum absolute atomic E-state index is 12.7. The predicted octanol–water partition coefficient (Wildman–Crippen LogP) is 1.80. The predicted molar refractivity (Wildman–Crippen MR) is 120 cm³/mol. The Labute approximate surface area is 189 Å². The van der Waals surface area contributed by atoms with Gasteiger partial charge in [-0.25, -0.2) is 4.79 Å². The number of nitrogens with two attached hydrogens (primary N) is 1. The number of nitrogens with zero attached hydrogens (tertiary/aromatic N) is 1. The third kappa shape index (κ3) is 6.60. The first-order valence-corrected chi connectivity index (χ1v) is 10.2. The zero-order valence-corrected chi connectivity index (χ0v) is 17.9. The van der Waals surface area contributed by atoms with Crippen molar-refractivity contribution in [2.24, 2.45) is 16.9 Å². The van der Waals surface area contributed by atoms with E-state index in [1.54, 1.807) is 49.4 Å². The van der Waals surface area contributed by atoms with Crippen molar-refractivity contribution >= 4 is 29.8 Å². The quantitative estimate of drug-likeness (QED) is 0.218. The fraction of sp³-hybridized carbons (Fsp3) is 0.273. The molecule has 2 aromatic carbocycles. The molecule has 174 valence electrons. The molecule has 0 bridgehead atoms. The molecule has 1 unspecified atom stereocenters. The first-order chi connectivity index (χ1) is 15.9. The lowest BCUT2D eigenvalue weighted by atomic mass is 10.0. The van der Waals surface area contributed by atoms with Gasteiger partial charge in [0.2, 0.25) is 12.7 Å². The van der Waals surface area contributed by atoms with E-state index < -0.39 is 29.9 Å². The van der Waals surface area contributed by atoms with Crippen molar-refractivity contribution in [3.63, 3.8) is 0 Å². The summed E-state index contributed by atoms with van der Waals surface area (Å²) in [4.78, 5) is 36.1. The van der Waals surface area contributed by atoms with Crippen LogP contribution in [0.4, 0.5) is 10.5 Å². The smallest absolute Gasteiger partial charge is 0.319 e. The average Bonchev–Trinajstić information content (AvgIpc) is 3.26. The largest absolute Gasteiger partial charge is 0.481 e. The number of rotatable bonds is 9. The lowest BCUT2D eigenvalue weighted by Crippen LogP contribution is -2.40. The minimum atomic E-state index is -1.06. The number of nitrogens with one attached hydrogen (secondary N) is 3. The summed E-state index contributed by atoms with van der Waals surface area (Å²) >= 11 is 0. The molecule has 3 rings (SSSR count). The normalized spacial score (nSPS) is 13.8. The number of hydrogen-bond acceptors (Lipinski definition) is 7. The van der Waals surface area contributed by atoms with Gasteiger partial charge in [-0.1, -0.05) is 25.1 Å². The summed E-state index contributed by atoms with van der Waals surface area (Å²) in [6, 6.07) is 10.6. The van der Waals surface area contributed by atoms with Gasteiger partial charge in [-0.05, 0) is 35.4 Å². The Morgan fingerprint density at radius 2 is 1.88 bits per heavy atom. The van der Waals surface area contributed by atoms with E-state index in [4.69, 9.17) is 15.3 Å². The molecule has 0 fully saturated rings. The molecule has 1 aliphatic heterocycles. The third-order valence-electron chi connectivity index (χ3n) is 4.90. The highest BCUT2D eigenvalue weighted by atomic mass is 16.7. The van der Waals surface area contributed by atoms with E-state index in [2.05, 4.69) is 21.1 Å². The summed E-state index contributed by atoms with van der Waals surface area (Å²) in [5.41, 5.74) is 1.92. The molecule has 1 heterocycles. The summed E-state index contributed by atoms with van der Waals surface area (Å²) < 4.78 is 10.6. The maximum Gasteiger partial charge on any atom is 0.319 e. The Kier molecular flexibility index (Phi) is 7.68. The van der Waals surface area contributed by atoms with Crippen LogP contribution in [0.25, 0.3) is 0 Å². The zero-order valence-electron chi connectivity index (χ0n) is 17.9. The summed E-state index contributed by atoms with van der Waals surface area (Å²) in [5.74, 6) is 4.08. The molecule has 0 aliphatic carbocycles. The number of hydrazone groups is 1. The van der Waals surface area contributed by atoms with Gasteiger partial charge >= 0.3 is 12.0 Å². The van der Waals surface area contributed by atoms with Gasteiger partial charge in [0.25, 0.3) is 0 Å². The van der Waals surface area contributed by atoms with Crippen molar-refractivity contribution in [2.75, 3.05) is 18.7 Å². The lowest BCUT2D eigenvalue weighted by molar-refractivity contribution is -0.137. The van der Waals surface area contributed by atoms with E-state index in [-0.39, 0.29) is 19.8 Å². The molecule has 1 aliphatic rings. The number of ether oxygens (including phenoxy) is 2. The topological polar surface area (TPSA) is 164 Å². The van der Waals surface area contributed by atoms with E-state index in [0.29, 0.717) is 22.7 Å². The van der Waals surface area contributed by atoms with E-state index in [1.807, 2.05) is 0 Å². The van der Waals surface area contributed by atoms with Crippen molar-refractivity contribution in [1.29, 1.82) is 0 Å². The van der Waals surface area contributed by atoms with E-state index in [1.165, 1.54) is 6.21 Å². The van der Waals surface area contributed by atoms with Crippen LogP contribution in [0.15, 0.2) is 47.6 Å². The minimum absolute atomic E-state index is 0.0521. The van der Waals surface area contributed by atoms with Gasteiger partial charge in [0, 0.05) is 12.2 Å². The van der Waals surface area contributed by atoms with Crippen LogP contribution in [0, 0.1) is 5.92 Å². The number of anilines is 1. The lowest BCUT2D eigenvalue weighted by Gasteiger charge is -2.21. The molecule has 6 N–H and O–H groups in total. The monoisotopic (exact) mass is 455 g/mol. The van der Waals surface area contributed by atoms with Gasteiger partial charge in [-0.2, -0.15) is 5.10 Å². The molecule has 3 amide bonds. The van der Waals surface area contributed by atoms with Crippen molar-refractivity contribution in [1.82, 2.24) is 10.6 Å². The van der Waals surface area contributed by atoms with Crippen molar-refractivity contribution < 1.29 is 29.0 Å². The number of aliphatic carboxylic acids is 1. The van der Waals surface area contributed by atoms with Crippen LogP contribution in [-0.4, -0.2) is 42.6 Å². The fourth-order valence-electron chi connectivity index (χ4n) is 3.12. The molecule has 0 aromatic heterocycles. The number of benzene rings is 2. The molecule has 11 heteroatoms. The second-order valence-electron chi connectivity index (χ2n) is 7.41. The molecule has 0 spiro atoms. The second kappa shape index (κ2) is 10.8. The highest BCUT2D eigenvalue weighted by Gasteiger charge is 2.24. The van der Waals surface area contributed by atoms with Crippen LogP contribution in [0.1, 0.15) is 30.5 Å². The van der Waals surface area contributed by atoms with Crippen LogP contribution in [-0.2, 0) is 9.59 Å². The Hall–Kier alpha value is -4.28. The summed E-state index contributed by atoms with van der Waals surface area (Å²) in [7, 11) is 0. The molecule has 33 heavy (non-hydrogen) atoms. The fourth-order valence-corrected chi connectivity index (χ4v) is 3.12. The number of hydrogen-bond donors (Lipinski definition) is 5. The van der Waals surface area contributed by atoms with Crippen LogP contribution < -0.4 is 31.3 Å². The van der Waals surface area contributed by atoms with Gasteiger partial charge in [0.05, 0.1) is 24.6 Å².